The van der Waals surface area contributed by atoms with Crippen LogP contribution in [0.5, 0.6) is 5.88 Å². The van der Waals surface area contributed by atoms with Crippen LogP contribution in [-0.2, 0) is 16.0 Å². The van der Waals surface area contributed by atoms with Crippen LogP contribution in [0.2, 0.25) is 0 Å². The Morgan fingerprint density at radius 1 is 1.36 bits per heavy atom. The number of hydrogen-bond acceptors (Lipinski definition) is 5. The number of guanidine groups is 1. The summed E-state index contributed by atoms with van der Waals surface area (Å²) in [6.45, 7) is 5.41. The number of aromatic nitrogens is 1. The standard InChI is InChI=1S/C17H28N4O3.HI/c1-17(7-4-8-24-17)13-21-16(18-2)20-12-14-5-6-15(19-11-14)23-10-9-22-3;/h5-6,11H,4,7-10,12-13H2,1-3H3,(H2,18,20,21);1H. The summed E-state index contributed by atoms with van der Waals surface area (Å²) < 4.78 is 16.2. The lowest BCUT2D eigenvalue weighted by molar-refractivity contribution is 0.0243. The van der Waals surface area contributed by atoms with Crippen molar-refractivity contribution >= 4 is 29.9 Å². The van der Waals surface area contributed by atoms with E-state index in [4.69, 9.17) is 14.2 Å². The molecular weight excluding hydrogens is 435 g/mol. The van der Waals surface area contributed by atoms with Gasteiger partial charge in [0.1, 0.15) is 6.61 Å². The lowest BCUT2D eigenvalue weighted by atomic mass is 10.0. The Labute approximate surface area is 167 Å². The molecular formula is C17H29IN4O3. The van der Waals surface area contributed by atoms with Crippen LogP contribution in [0.4, 0.5) is 0 Å². The predicted octanol–water partition coefficient (Wildman–Crippen LogP) is 1.96. The van der Waals surface area contributed by atoms with Gasteiger partial charge in [-0.2, -0.15) is 0 Å². The van der Waals surface area contributed by atoms with E-state index in [9.17, 15) is 0 Å². The zero-order chi connectivity index (χ0) is 17.3. The molecule has 0 aromatic carbocycles. The molecule has 8 heteroatoms. The smallest absolute Gasteiger partial charge is 0.213 e. The third-order valence-corrected chi connectivity index (χ3v) is 3.95. The molecule has 1 saturated heterocycles. The summed E-state index contributed by atoms with van der Waals surface area (Å²) >= 11 is 0. The molecule has 2 heterocycles. The molecule has 1 aromatic rings. The Bertz CT molecular complexity index is 519. The van der Waals surface area contributed by atoms with E-state index in [0.29, 0.717) is 25.6 Å². The van der Waals surface area contributed by atoms with Crippen LogP contribution >= 0.6 is 24.0 Å². The minimum atomic E-state index is -0.0969. The first kappa shape index (κ1) is 21.9. The van der Waals surface area contributed by atoms with Crippen molar-refractivity contribution < 1.29 is 14.2 Å². The highest BCUT2D eigenvalue weighted by Gasteiger charge is 2.29. The molecule has 1 aromatic heterocycles. The first-order chi connectivity index (χ1) is 11.6. The van der Waals surface area contributed by atoms with Gasteiger partial charge in [0.15, 0.2) is 5.96 Å². The first-order valence-electron chi connectivity index (χ1n) is 8.30. The Hall–Kier alpha value is -1.13. The van der Waals surface area contributed by atoms with Crippen molar-refractivity contribution in [2.24, 2.45) is 4.99 Å². The van der Waals surface area contributed by atoms with Gasteiger partial charge in [0.2, 0.25) is 5.88 Å². The molecule has 0 bridgehead atoms. The average Bonchev–Trinajstić information content (AvgIpc) is 3.03. The van der Waals surface area contributed by atoms with Crippen molar-refractivity contribution in [2.75, 3.05) is 40.5 Å². The SMILES string of the molecule is CN=C(NCc1ccc(OCCOC)nc1)NCC1(C)CCCO1.I. The molecule has 0 saturated carbocycles. The average molecular weight is 464 g/mol. The molecule has 1 aliphatic rings. The molecule has 7 nitrogen and oxygen atoms in total. The van der Waals surface area contributed by atoms with E-state index in [-0.39, 0.29) is 29.6 Å². The van der Waals surface area contributed by atoms with E-state index in [1.807, 2.05) is 12.1 Å². The molecule has 1 fully saturated rings. The summed E-state index contributed by atoms with van der Waals surface area (Å²) in [4.78, 5) is 8.52. The number of nitrogens with zero attached hydrogens (tertiary/aromatic N) is 2. The van der Waals surface area contributed by atoms with Gasteiger partial charge in [-0.1, -0.05) is 6.07 Å². The highest BCUT2D eigenvalue weighted by Crippen LogP contribution is 2.23. The molecule has 25 heavy (non-hydrogen) atoms. The number of methoxy groups -OCH3 is 1. The second-order valence-electron chi connectivity index (χ2n) is 6.03. The van der Waals surface area contributed by atoms with E-state index in [0.717, 1.165) is 37.5 Å². The lowest BCUT2D eigenvalue weighted by Crippen LogP contribution is -2.45. The summed E-state index contributed by atoms with van der Waals surface area (Å²) in [6, 6.07) is 3.84. The van der Waals surface area contributed by atoms with E-state index < -0.39 is 0 Å². The maximum Gasteiger partial charge on any atom is 0.213 e. The van der Waals surface area contributed by atoms with Crippen molar-refractivity contribution in [1.29, 1.82) is 0 Å². The molecule has 1 unspecified atom stereocenters. The lowest BCUT2D eigenvalue weighted by Gasteiger charge is -2.24. The van der Waals surface area contributed by atoms with Gasteiger partial charge in [-0.15, -0.1) is 24.0 Å². The Morgan fingerprint density at radius 3 is 2.80 bits per heavy atom. The number of rotatable bonds is 8. The molecule has 0 amide bonds. The third kappa shape index (κ3) is 7.74. The number of nitrogens with one attached hydrogen (secondary N) is 2. The maximum absolute atomic E-state index is 5.77. The Balaban J connectivity index is 0.00000312. The second-order valence-corrected chi connectivity index (χ2v) is 6.03. The van der Waals surface area contributed by atoms with Gasteiger partial charge in [0.25, 0.3) is 0 Å². The van der Waals surface area contributed by atoms with Gasteiger partial charge in [0, 0.05) is 46.1 Å². The first-order valence-corrected chi connectivity index (χ1v) is 8.30. The Morgan fingerprint density at radius 2 is 2.20 bits per heavy atom. The van der Waals surface area contributed by atoms with E-state index in [2.05, 4.69) is 27.5 Å². The van der Waals surface area contributed by atoms with E-state index in [1.165, 1.54) is 0 Å². The number of ether oxygens (including phenoxy) is 3. The van der Waals surface area contributed by atoms with Gasteiger partial charge in [-0.3, -0.25) is 4.99 Å². The quantitative estimate of drug-likeness (QED) is 0.265. The zero-order valence-electron chi connectivity index (χ0n) is 15.2. The zero-order valence-corrected chi connectivity index (χ0v) is 17.5. The van der Waals surface area contributed by atoms with E-state index in [1.54, 1.807) is 20.4 Å². The predicted molar refractivity (Wildman–Crippen MR) is 109 cm³/mol. The fraction of sp³-hybridized carbons (Fsp3) is 0.647. The van der Waals surface area contributed by atoms with Gasteiger partial charge in [-0.25, -0.2) is 4.98 Å². The highest BCUT2D eigenvalue weighted by atomic mass is 127. The van der Waals surface area contributed by atoms with Crippen LogP contribution in [0.1, 0.15) is 25.3 Å². The van der Waals surface area contributed by atoms with Crippen LogP contribution < -0.4 is 15.4 Å². The van der Waals surface area contributed by atoms with Crippen LogP contribution in [0.15, 0.2) is 23.3 Å². The van der Waals surface area contributed by atoms with Crippen molar-refractivity contribution in [3.63, 3.8) is 0 Å². The largest absolute Gasteiger partial charge is 0.475 e. The minimum Gasteiger partial charge on any atom is -0.475 e. The van der Waals surface area contributed by atoms with Crippen molar-refractivity contribution in [3.05, 3.63) is 23.9 Å². The van der Waals surface area contributed by atoms with E-state index >= 15 is 0 Å². The van der Waals surface area contributed by atoms with Crippen molar-refractivity contribution in [1.82, 2.24) is 15.6 Å². The summed E-state index contributed by atoms with van der Waals surface area (Å²) in [5.74, 6) is 1.36. The van der Waals surface area contributed by atoms with Crippen LogP contribution in [0, 0.1) is 0 Å². The minimum absolute atomic E-state index is 0. The van der Waals surface area contributed by atoms with Gasteiger partial charge in [0.05, 0.1) is 12.2 Å². The highest BCUT2D eigenvalue weighted by molar-refractivity contribution is 14.0. The molecule has 0 spiro atoms. The summed E-state index contributed by atoms with van der Waals surface area (Å²) in [7, 11) is 3.41. The number of halogens is 1. The van der Waals surface area contributed by atoms with Gasteiger partial charge < -0.3 is 24.8 Å². The van der Waals surface area contributed by atoms with Crippen molar-refractivity contribution in [3.8, 4) is 5.88 Å². The molecule has 2 N–H and O–H groups in total. The van der Waals surface area contributed by atoms with Crippen LogP contribution in [-0.4, -0.2) is 57.1 Å². The fourth-order valence-electron chi connectivity index (χ4n) is 2.48. The second kappa shape index (κ2) is 11.5. The summed E-state index contributed by atoms with van der Waals surface area (Å²) in [5.41, 5.74) is 0.959. The van der Waals surface area contributed by atoms with Crippen molar-refractivity contribution in [2.45, 2.75) is 31.9 Å². The molecule has 0 radical (unpaired) electrons. The summed E-state index contributed by atoms with van der Waals surface area (Å²) in [6.07, 6.45) is 3.99. The maximum atomic E-state index is 5.77. The molecule has 2 rings (SSSR count). The molecule has 0 aliphatic carbocycles. The van der Waals surface area contributed by atoms with Gasteiger partial charge >= 0.3 is 0 Å². The normalized spacial score (nSPS) is 20.0. The van der Waals surface area contributed by atoms with Gasteiger partial charge in [-0.05, 0) is 25.3 Å². The number of hydrogen-bond donors (Lipinski definition) is 2. The Kier molecular flexibility index (Phi) is 10.1. The summed E-state index contributed by atoms with van der Waals surface area (Å²) in [5, 5.41) is 6.60. The van der Waals surface area contributed by atoms with Crippen LogP contribution in [0.25, 0.3) is 0 Å². The molecule has 1 aliphatic heterocycles. The third-order valence-electron chi connectivity index (χ3n) is 3.95. The topological polar surface area (TPSA) is 77.0 Å². The monoisotopic (exact) mass is 464 g/mol. The molecule has 1 atom stereocenters. The fourth-order valence-corrected chi connectivity index (χ4v) is 2.48. The number of pyridine rings is 1. The number of aliphatic imine (C=N–C) groups is 1. The van der Waals surface area contributed by atoms with Crippen LogP contribution in [0.3, 0.4) is 0 Å². The molecule has 142 valence electrons.